The Hall–Kier alpha value is -6.98. The number of hydrogen-bond acceptors (Lipinski definition) is 4. The van der Waals surface area contributed by atoms with Gasteiger partial charge in [0.1, 0.15) is 12.1 Å². The Bertz CT molecular complexity index is 2610. The van der Waals surface area contributed by atoms with Crippen LogP contribution in [-0.2, 0) is 7.05 Å². The van der Waals surface area contributed by atoms with E-state index in [0.29, 0.717) is 5.56 Å². The Morgan fingerprint density at radius 2 is 0.885 bits per heavy atom. The molecule has 0 saturated carbocycles. The molecule has 0 saturated heterocycles. The van der Waals surface area contributed by atoms with Gasteiger partial charge in [-0.25, -0.2) is 4.98 Å². The summed E-state index contributed by atoms with van der Waals surface area (Å²) in [5.41, 5.74) is 10.0. The minimum Gasteiger partial charge on any atom is -0.327 e. The van der Waals surface area contributed by atoms with Crippen molar-refractivity contribution in [1.82, 2.24) is 9.55 Å². The minimum absolute atomic E-state index is 0.640. The fourth-order valence-electron chi connectivity index (χ4n) is 7.37. The fraction of sp³-hybridized carbons (Fsp3) is 0.0213. The van der Waals surface area contributed by atoms with Gasteiger partial charge in [-0.05, 0) is 83.6 Å². The van der Waals surface area contributed by atoms with E-state index in [9.17, 15) is 4.79 Å². The predicted octanol–water partition coefficient (Wildman–Crippen LogP) is 12.3. The first-order valence-electron chi connectivity index (χ1n) is 17.4. The van der Waals surface area contributed by atoms with E-state index in [-0.39, 0.29) is 0 Å². The van der Waals surface area contributed by atoms with Crippen LogP contribution in [0, 0.1) is 0 Å². The molecule has 0 atom stereocenters. The Balaban J connectivity index is 1.35. The standard InChI is InChI=1S/C47H34N4O/c1-49-46-42-29-27-40(51(37-18-10-4-11-19-37)38-20-12-5-13-21-38)31-44(42)43-30-39(50(35-14-6-2-7-15-35)36-16-8-3-9-17-36)26-28-41(43)45(46)48-47(49)34-24-22-33(32-52)23-25-34/h2-32H,1H3. The Kier molecular flexibility index (Phi) is 7.79. The first kappa shape index (κ1) is 31.0. The van der Waals surface area contributed by atoms with Crippen molar-refractivity contribution >= 4 is 73.0 Å². The van der Waals surface area contributed by atoms with Crippen molar-refractivity contribution in [3.63, 3.8) is 0 Å². The Labute approximate surface area is 302 Å². The maximum absolute atomic E-state index is 11.4. The maximum atomic E-state index is 11.4. The van der Waals surface area contributed by atoms with Crippen molar-refractivity contribution in [2.45, 2.75) is 0 Å². The van der Waals surface area contributed by atoms with Crippen molar-refractivity contribution < 1.29 is 4.79 Å². The largest absolute Gasteiger partial charge is 0.327 e. The molecule has 0 amide bonds. The van der Waals surface area contributed by atoms with Gasteiger partial charge in [-0.2, -0.15) is 0 Å². The van der Waals surface area contributed by atoms with Crippen molar-refractivity contribution in [3.8, 4) is 11.4 Å². The Morgan fingerprint density at radius 1 is 0.462 bits per heavy atom. The van der Waals surface area contributed by atoms with Crippen molar-refractivity contribution in [2.24, 2.45) is 7.05 Å². The molecule has 8 aromatic carbocycles. The predicted molar refractivity (Wildman–Crippen MR) is 216 cm³/mol. The summed E-state index contributed by atoms with van der Waals surface area (Å²) < 4.78 is 2.19. The van der Waals surface area contributed by atoms with Crippen LogP contribution in [0.5, 0.6) is 0 Å². The number of fused-ring (bicyclic) bond motifs is 6. The molecule has 248 valence electrons. The van der Waals surface area contributed by atoms with Crippen LogP contribution in [0.2, 0.25) is 0 Å². The first-order valence-corrected chi connectivity index (χ1v) is 17.4. The van der Waals surface area contributed by atoms with Gasteiger partial charge in [0.25, 0.3) is 0 Å². The van der Waals surface area contributed by atoms with Gasteiger partial charge in [0.15, 0.2) is 0 Å². The molecular weight excluding hydrogens is 637 g/mol. The third kappa shape index (κ3) is 5.36. The minimum atomic E-state index is 0.640. The quantitative estimate of drug-likeness (QED) is 0.119. The number of aldehydes is 1. The molecule has 5 nitrogen and oxygen atoms in total. The SMILES string of the molecule is Cn1c(-c2ccc(C=O)cc2)nc2c3ccc(N(c4ccccc4)c4ccccc4)cc3c3cc(N(c4ccccc4)c4ccccc4)ccc3c21. The van der Waals surface area contributed by atoms with Crippen LogP contribution in [-0.4, -0.2) is 15.8 Å². The molecule has 0 spiro atoms. The van der Waals surface area contributed by atoms with Crippen LogP contribution < -0.4 is 9.80 Å². The number of nitrogens with zero attached hydrogens (tertiary/aromatic N) is 4. The molecular formula is C47H34N4O. The molecule has 5 heteroatoms. The van der Waals surface area contributed by atoms with E-state index in [0.717, 1.165) is 84.4 Å². The van der Waals surface area contributed by atoms with Crippen LogP contribution in [0.25, 0.3) is 44.0 Å². The molecule has 0 fully saturated rings. The van der Waals surface area contributed by atoms with Crippen molar-refractivity contribution in [1.29, 1.82) is 0 Å². The summed E-state index contributed by atoms with van der Waals surface area (Å²) in [6, 6.07) is 63.2. The summed E-state index contributed by atoms with van der Waals surface area (Å²) in [6.07, 6.45) is 0.872. The van der Waals surface area contributed by atoms with Crippen LogP contribution in [0.4, 0.5) is 34.1 Å². The average molecular weight is 671 g/mol. The van der Waals surface area contributed by atoms with Gasteiger partial charge in [0, 0.05) is 63.1 Å². The number of benzene rings is 8. The molecule has 52 heavy (non-hydrogen) atoms. The van der Waals surface area contributed by atoms with Crippen LogP contribution in [0.1, 0.15) is 10.4 Å². The van der Waals surface area contributed by atoms with E-state index >= 15 is 0 Å². The molecule has 9 rings (SSSR count). The number of aromatic nitrogens is 2. The van der Waals surface area contributed by atoms with Gasteiger partial charge in [0.2, 0.25) is 0 Å². The van der Waals surface area contributed by atoms with Gasteiger partial charge in [-0.3, -0.25) is 4.79 Å². The lowest BCUT2D eigenvalue weighted by molar-refractivity contribution is 0.112. The van der Waals surface area contributed by atoms with Crippen LogP contribution >= 0.6 is 0 Å². The Morgan fingerprint density at radius 3 is 1.33 bits per heavy atom. The second kappa shape index (κ2) is 13.0. The first-order chi connectivity index (χ1) is 25.7. The zero-order chi connectivity index (χ0) is 35.0. The third-order valence-electron chi connectivity index (χ3n) is 9.78. The lowest BCUT2D eigenvalue weighted by Gasteiger charge is -2.27. The highest BCUT2D eigenvalue weighted by atomic mass is 16.1. The number of carbonyl (C=O) groups excluding carboxylic acids is 1. The van der Waals surface area contributed by atoms with E-state index < -0.39 is 0 Å². The van der Waals surface area contributed by atoms with Crippen LogP contribution in [0.3, 0.4) is 0 Å². The van der Waals surface area contributed by atoms with E-state index in [1.807, 2.05) is 24.3 Å². The van der Waals surface area contributed by atoms with E-state index in [1.54, 1.807) is 0 Å². The molecule has 0 aliphatic carbocycles. The van der Waals surface area contributed by atoms with Gasteiger partial charge in [-0.1, -0.05) is 109 Å². The molecule has 0 aliphatic rings. The third-order valence-corrected chi connectivity index (χ3v) is 9.78. The summed E-state index contributed by atoms with van der Waals surface area (Å²) >= 11 is 0. The number of anilines is 6. The van der Waals surface area contributed by atoms with Crippen molar-refractivity contribution in [2.75, 3.05) is 9.80 Å². The summed E-state index contributed by atoms with van der Waals surface area (Å²) in [5.74, 6) is 0.847. The van der Waals surface area contributed by atoms with Gasteiger partial charge >= 0.3 is 0 Å². The highest BCUT2D eigenvalue weighted by Gasteiger charge is 2.21. The summed E-state index contributed by atoms with van der Waals surface area (Å²) in [7, 11) is 2.08. The van der Waals surface area contributed by atoms with Crippen LogP contribution in [0.15, 0.2) is 182 Å². The lowest BCUT2D eigenvalue weighted by Crippen LogP contribution is -2.10. The molecule has 0 N–H and O–H groups in total. The average Bonchev–Trinajstić information content (AvgIpc) is 3.56. The molecule has 1 aromatic heterocycles. The van der Waals surface area contributed by atoms with Gasteiger partial charge in [-0.15, -0.1) is 0 Å². The normalized spacial score (nSPS) is 11.2. The zero-order valence-corrected chi connectivity index (χ0v) is 28.6. The van der Waals surface area contributed by atoms with Gasteiger partial charge in [0.05, 0.1) is 11.0 Å². The topological polar surface area (TPSA) is 41.4 Å². The van der Waals surface area contributed by atoms with E-state index in [4.69, 9.17) is 4.98 Å². The molecule has 0 aliphatic heterocycles. The van der Waals surface area contributed by atoms with Gasteiger partial charge < -0.3 is 14.4 Å². The fourth-order valence-corrected chi connectivity index (χ4v) is 7.37. The number of para-hydroxylation sites is 4. The highest BCUT2D eigenvalue weighted by molar-refractivity contribution is 6.25. The number of aryl methyl sites for hydroxylation is 1. The zero-order valence-electron chi connectivity index (χ0n) is 28.6. The highest BCUT2D eigenvalue weighted by Crippen LogP contribution is 2.44. The number of carbonyl (C=O) groups is 1. The second-order valence-electron chi connectivity index (χ2n) is 12.9. The molecule has 1 heterocycles. The number of hydrogen-bond donors (Lipinski definition) is 0. The molecule has 0 unspecified atom stereocenters. The maximum Gasteiger partial charge on any atom is 0.150 e. The summed E-state index contributed by atoms with van der Waals surface area (Å²) in [5, 5.41) is 4.43. The summed E-state index contributed by atoms with van der Waals surface area (Å²) in [4.78, 5) is 21.4. The number of rotatable bonds is 8. The van der Waals surface area contributed by atoms with E-state index in [1.165, 1.54) is 0 Å². The molecule has 0 radical (unpaired) electrons. The van der Waals surface area contributed by atoms with E-state index in [2.05, 4.69) is 179 Å². The molecule has 9 aromatic rings. The molecule has 0 bridgehead atoms. The number of imidazole rings is 1. The smallest absolute Gasteiger partial charge is 0.150 e. The monoisotopic (exact) mass is 670 g/mol. The lowest BCUT2D eigenvalue weighted by atomic mass is 9.97. The summed E-state index contributed by atoms with van der Waals surface area (Å²) in [6.45, 7) is 0. The van der Waals surface area contributed by atoms with Crippen molar-refractivity contribution in [3.05, 3.63) is 188 Å². The second-order valence-corrected chi connectivity index (χ2v) is 12.9.